The van der Waals surface area contributed by atoms with Crippen molar-refractivity contribution in [2.24, 2.45) is 0 Å². The molecule has 0 aliphatic heterocycles. The molecule has 2 aromatic heterocycles. The number of hydrogen-bond donors (Lipinski definition) is 1. The normalized spacial score (nSPS) is 11.4. The van der Waals surface area contributed by atoms with Crippen molar-refractivity contribution in [3.63, 3.8) is 0 Å². The summed E-state index contributed by atoms with van der Waals surface area (Å²) >= 11 is 1.18. The predicted molar refractivity (Wildman–Crippen MR) is 96.3 cm³/mol. The van der Waals surface area contributed by atoms with E-state index < -0.39 is 11.7 Å². The van der Waals surface area contributed by atoms with Gasteiger partial charge in [0.2, 0.25) is 17.6 Å². The highest BCUT2D eigenvalue weighted by Crippen LogP contribution is 2.30. The summed E-state index contributed by atoms with van der Waals surface area (Å²) in [5, 5.41) is 7.01. The number of alkyl halides is 3. The molecule has 0 atom stereocenters. The highest BCUT2D eigenvalue weighted by molar-refractivity contribution is 8.00. The second-order valence-electron chi connectivity index (χ2n) is 5.76. The van der Waals surface area contributed by atoms with Gasteiger partial charge in [-0.25, -0.2) is 4.98 Å². The number of benzene rings is 1. The minimum Gasteiger partial charge on any atom is -0.351 e. The summed E-state index contributed by atoms with van der Waals surface area (Å²) in [6, 6.07) is 8.33. The van der Waals surface area contributed by atoms with E-state index in [1.54, 1.807) is 25.3 Å². The van der Waals surface area contributed by atoms with Gasteiger partial charge in [0.25, 0.3) is 0 Å². The quantitative estimate of drug-likeness (QED) is 0.624. The largest absolute Gasteiger partial charge is 0.416 e. The Morgan fingerprint density at radius 1 is 1.25 bits per heavy atom. The number of amides is 1. The first-order valence-corrected chi connectivity index (χ1v) is 9.13. The molecular formula is C18H15F3N4O2S. The van der Waals surface area contributed by atoms with Gasteiger partial charge in [0, 0.05) is 19.7 Å². The number of nitrogens with zero attached hydrogens (tertiary/aromatic N) is 3. The number of hydrogen-bond acceptors (Lipinski definition) is 6. The molecule has 0 bridgehead atoms. The lowest BCUT2D eigenvalue weighted by Crippen LogP contribution is -2.24. The van der Waals surface area contributed by atoms with Crippen LogP contribution in [-0.2, 0) is 17.5 Å². The van der Waals surface area contributed by atoms with E-state index in [1.165, 1.54) is 23.9 Å². The lowest BCUT2D eigenvalue weighted by atomic mass is 10.1. The highest BCUT2D eigenvalue weighted by Gasteiger charge is 2.30. The summed E-state index contributed by atoms with van der Waals surface area (Å²) < 4.78 is 43.2. The third kappa shape index (κ3) is 5.10. The van der Waals surface area contributed by atoms with Crippen LogP contribution in [0.2, 0.25) is 0 Å². The molecule has 0 radical (unpaired) electrons. The number of aryl methyl sites for hydroxylation is 1. The van der Waals surface area contributed by atoms with Crippen LogP contribution < -0.4 is 5.32 Å². The van der Waals surface area contributed by atoms with E-state index in [1.807, 2.05) is 0 Å². The molecule has 0 aliphatic carbocycles. The summed E-state index contributed by atoms with van der Waals surface area (Å²) in [5.41, 5.74) is 0.256. The molecule has 0 fully saturated rings. The summed E-state index contributed by atoms with van der Waals surface area (Å²) in [4.78, 5) is 20.5. The monoisotopic (exact) mass is 408 g/mol. The van der Waals surface area contributed by atoms with Gasteiger partial charge < -0.3 is 9.84 Å². The van der Waals surface area contributed by atoms with Crippen LogP contribution in [0, 0.1) is 6.92 Å². The van der Waals surface area contributed by atoms with Gasteiger partial charge in [-0.15, -0.1) is 0 Å². The Labute approximate surface area is 162 Å². The van der Waals surface area contributed by atoms with Gasteiger partial charge in [-0.05, 0) is 29.8 Å². The number of pyridine rings is 1. The fourth-order valence-electron chi connectivity index (χ4n) is 2.33. The molecule has 6 nitrogen and oxygen atoms in total. The van der Waals surface area contributed by atoms with Crippen LogP contribution >= 0.6 is 11.8 Å². The van der Waals surface area contributed by atoms with E-state index in [9.17, 15) is 18.0 Å². The third-order valence-electron chi connectivity index (χ3n) is 3.62. The molecule has 1 N–H and O–H groups in total. The van der Waals surface area contributed by atoms with Gasteiger partial charge in [-0.2, -0.15) is 18.2 Å². The fraction of sp³-hybridized carbons (Fsp3) is 0.222. The molecule has 0 aliphatic rings. The van der Waals surface area contributed by atoms with Crippen molar-refractivity contribution >= 4 is 17.7 Å². The van der Waals surface area contributed by atoms with Gasteiger partial charge in [0.1, 0.15) is 5.03 Å². The lowest BCUT2D eigenvalue weighted by Gasteiger charge is -2.10. The number of aromatic nitrogens is 3. The van der Waals surface area contributed by atoms with Crippen molar-refractivity contribution in [2.45, 2.75) is 24.7 Å². The van der Waals surface area contributed by atoms with Gasteiger partial charge in [0.15, 0.2) is 0 Å². The molecule has 1 amide bonds. The first-order chi connectivity index (χ1) is 13.3. The highest BCUT2D eigenvalue weighted by atomic mass is 32.2. The number of carbonyl (C=O) groups is 1. The molecule has 0 saturated heterocycles. The SMILES string of the molecule is Cc1nc(-c2cccnc2SCC(=O)NCc2cccc(C(F)(F)F)c2)no1. The maximum Gasteiger partial charge on any atom is 0.416 e. The number of nitrogens with one attached hydrogen (secondary N) is 1. The minimum atomic E-state index is -4.42. The molecule has 146 valence electrons. The van der Waals surface area contributed by atoms with Crippen molar-refractivity contribution in [3.8, 4) is 11.4 Å². The fourth-order valence-corrected chi connectivity index (χ4v) is 3.15. The van der Waals surface area contributed by atoms with Crippen molar-refractivity contribution in [1.82, 2.24) is 20.4 Å². The number of thioether (sulfide) groups is 1. The van der Waals surface area contributed by atoms with Crippen molar-refractivity contribution in [3.05, 3.63) is 59.6 Å². The summed E-state index contributed by atoms with van der Waals surface area (Å²) in [6.45, 7) is 1.67. The third-order valence-corrected chi connectivity index (χ3v) is 4.63. The Morgan fingerprint density at radius 3 is 2.79 bits per heavy atom. The summed E-state index contributed by atoms with van der Waals surface area (Å²) in [7, 11) is 0. The zero-order chi connectivity index (χ0) is 20.1. The molecule has 0 saturated carbocycles. The van der Waals surface area contributed by atoms with E-state index in [0.29, 0.717) is 27.9 Å². The Morgan fingerprint density at radius 2 is 2.07 bits per heavy atom. The second-order valence-corrected chi connectivity index (χ2v) is 6.72. The molecule has 3 rings (SSSR count). The van der Waals surface area contributed by atoms with E-state index in [0.717, 1.165) is 12.1 Å². The lowest BCUT2D eigenvalue weighted by molar-refractivity contribution is -0.137. The average molecular weight is 408 g/mol. The van der Waals surface area contributed by atoms with Gasteiger partial charge in [0.05, 0.1) is 16.9 Å². The Balaban J connectivity index is 1.59. The Hall–Kier alpha value is -2.88. The standard InChI is InChI=1S/C18H15F3N4O2S/c1-11-24-16(25-27-11)14-6-3-7-22-17(14)28-10-15(26)23-9-12-4-2-5-13(8-12)18(19,20)21/h2-8H,9-10H2,1H3,(H,23,26). The maximum atomic E-state index is 12.7. The Kier molecular flexibility index (Phi) is 5.98. The van der Waals surface area contributed by atoms with Crippen LogP contribution in [0.15, 0.2) is 52.1 Å². The smallest absolute Gasteiger partial charge is 0.351 e. The first kappa shape index (κ1) is 19.9. The van der Waals surface area contributed by atoms with Crippen molar-refractivity contribution in [1.29, 1.82) is 0 Å². The molecule has 3 aromatic rings. The van der Waals surface area contributed by atoms with Gasteiger partial charge in [-0.1, -0.05) is 29.1 Å². The van der Waals surface area contributed by atoms with Gasteiger partial charge >= 0.3 is 6.18 Å². The second kappa shape index (κ2) is 8.42. The zero-order valence-corrected chi connectivity index (χ0v) is 15.5. The first-order valence-electron chi connectivity index (χ1n) is 8.14. The van der Waals surface area contributed by atoms with Crippen LogP contribution in [0.25, 0.3) is 11.4 Å². The maximum absolute atomic E-state index is 12.7. The van der Waals surface area contributed by atoms with Crippen molar-refractivity contribution in [2.75, 3.05) is 5.75 Å². The molecule has 1 aromatic carbocycles. The van der Waals surface area contributed by atoms with Crippen molar-refractivity contribution < 1.29 is 22.5 Å². The molecule has 0 unspecified atom stereocenters. The minimum absolute atomic E-state index is 0.00241. The Bertz CT molecular complexity index is 975. The molecule has 28 heavy (non-hydrogen) atoms. The summed E-state index contributed by atoms with van der Waals surface area (Å²) in [6.07, 6.45) is -2.84. The molecule has 2 heterocycles. The van der Waals surface area contributed by atoms with E-state index in [-0.39, 0.29) is 18.2 Å². The van der Waals surface area contributed by atoms with Crippen LogP contribution in [-0.4, -0.2) is 26.8 Å². The van der Waals surface area contributed by atoms with Gasteiger partial charge in [-0.3, -0.25) is 4.79 Å². The molecular weight excluding hydrogens is 393 g/mol. The zero-order valence-electron chi connectivity index (χ0n) is 14.7. The van der Waals surface area contributed by atoms with Crippen LogP contribution in [0.4, 0.5) is 13.2 Å². The topological polar surface area (TPSA) is 80.9 Å². The number of halogens is 3. The van der Waals surface area contributed by atoms with Crippen LogP contribution in [0.5, 0.6) is 0 Å². The molecule has 10 heteroatoms. The molecule has 0 spiro atoms. The average Bonchev–Trinajstić information content (AvgIpc) is 3.10. The predicted octanol–water partition coefficient (Wildman–Crippen LogP) is 3.87. The number of rotatable bonds is 6. The van der Waals surface area contributed by atoms with Crippen LogP contribution in [0.3, 0.4) is 0 Å². The van der Waals surface area contributed by atoms with E-state index in [4.69, 9.17) is 4.52 Å². The summed E-state index contributed by atoms with van der Waals surface area (Å²) in [5.74, 6) is 0.495. The van der Waals surface area contributed by atoms with Crippen LogP contribution in [0.1, 0.15) is 17.0 Å². The van der Waals surface area contributed by atoms with E-state index >= 15 is 0 Å². The van der Waals surface area contributed by atoms with E-state index in [2.05, 4.69) is 20.4 Å². The number of carbonyl (C=O) groups excluding carboxylic acids is 1.